The largest absolute Gasteiger partial charge is 0.480 e. The number of furan rings is 1. The summed E-state index contributed by atoms with van der Waals surface area (Å²) in [5.74, 6) is -0.503. The molecule has 1 unspecified atom stereocenters. The predicted molar refractivity (Wildman–Crippen MR) is 53.4 cm³/mol. The molecule has 0 aliphatic heterocycles. The van der Waals surface area contributed by atoms with Crippen LogP contribution in [0, 0.1) is 0 Å². The molecule has 1 atom stereocenters. The fourth-order valence-electron chi connectivity index (χ4n) is 0.796. The minimum Gasteiger partial charge on any atom is -0.480 e. The fraction of sp³-hybridized carbons (Fsp3) is 0.286. The van der Waals surface area contributed by atoms with E-state index in [1.54, 1.807) is 6.07 Å². The average Bonchev–Trinajstić information content (AvgIpc) is 2.31. The molecule has 3 N–H and O–H groups in total. The maximum absolute atomic E-state index is 10.4. The molecule has 0 radical (unpaired) electrons. The van der Waals surface area contributed by atoms with Gasteiger partial charge in [-0.25, -0.2) is 0 Å². The number of aliphatic carboxylic acids is 1. The van der Waals surface area contributed by atoms with Gasteiger partial charge in [0.25, 0.3) is 0 Å². The molecule has 72 valence electrons. The zero-order chi connectivity index (χ0) is 10.0. The zero-order valence-electron chi connectivity index (χ0n) is 6.46. The summed E-state index contributed by atoms with van der Waals surface area (Å²) in [5.41, 5.74) is 5.32. The Kier molecular flexibility index (Phi) is 3.52. The highest BCUT2D eigenvalue weighted by atomic mass is 79.9. The van der Waals surface area contributed by atoms with Gasteiger partial charge in [-0.15, -0.1) is 0 Å². The third-order valence-corrected chi connectivity index (χ3v) is 3.14. The van der Waals surface area contributed by atoms with Crippen molar-refractivity contribution >= 4 is 37.8 Å². The highest BCUT2D eigenvalue weighted by Gasteiger charge is 2.15. The number of hydrogen-bond donors (Lipinski definition) is 2. The van der Waals surface area contributed by atoms with Crippen LogP contribution in [0.1, 0.15) is 5.76 Å². The summed E-state index contributed by atoms with van der Waals surface area (Å²) in [6, 6.07) is 0.761. The van der Waals surface area contributed by atoms with Crippen molar-refractivity contribution < 1.29 is 14.3 Å². The molecule has 0 aliphatic rings. The van der Waals surface area contributed by atoms with Gasteiger partial charge in [0.05, 0.1) is 4.47 Å². The van der Waals surface area contributed by atoms with Gasteiger partial charge >= 0.3 is 5.97 Å². The van der Waals surface area contributed by atoms with Crippen LogP contribution in [0.4, 0.5) is 0 Å². The lowest BCUT2D eigenvalue weighted by molar-refractivity contribution is -0.138. The van der Waals surface area contributed by atoms with Gasteiger partial charge in [-0.2, -0.15) is 0 Å². The Hall–Kier alpha value is -0.330. The molecule has 0 aromatic carbocycles. The summed E-state index contributed by atoms with van der Waals surface area (Å²) < 4.78 is 6.45. The summed E-state index contributed by atoms with van der Waals surface area (Å²) in [4.78, 5) is 10.4. The van der Waals surface area contributed by atoms with Gasteiger partial charge in [0.15, 0.2) is 4.67 Å². The first-order valence-electron chi connectivity index (χ1n) is 3.43. The molecule has 13 heavy (non-hydrogen) atoms. The summed E-state index contributed by atoms with van der Waals surface area (Å²) in [6.45, 7) is 0. The Morgan fingerprint density at radius 1 is 1.69 bits per heavy atom. The molecule has 1 aromatic heterocycles. The lowest BCUT2D eigenvalue weighted by atomic mass is 10.2. The Bertz CT molecular complexity index is 304. The number of hydrogen-bond acceptors (Lipinski definition) is 3. The second-order valence-corrected chi connectivity index (χ2v) is 4.06. The molecule has 1 heterocycles. The molecule has 0 saturated carbocycles. The minimum atomic E-state index is -1.04. The van der Waals surface area contributed by atoms with Gasteiger partial charge in [-0.05, 0) is 37.9 Å². The Balaban J connectivity index is 2.69. The third kappa shape index (κ3) is 2.82. The molecule has 0 aliphatic carbocycles. The van der Waals surface area contributed by atoms with Crippen LogP contribution in [-0.4, -0.2) is 17.1 Å². The second kappa shape index (κ2) is 4.26. The molecule has 1 aromatic rings. The standard InChI is InChI=1S/C7H7Br2NO3/c8-4-1-3(13-6(4)9)2-5(10)7(11)12/h1,5H,2,10H2,(H,11,12). The second-order valence-electron chi connectivity index (χ2n) is 2.48. The van der Waals surface area contributed by atoms with Gasteiger partial charge in [-0.3, -0.25) is 4.79 Å². The number of carbonyl (C=O) groups is 1. The molecule has 6 heteroatoms. The van der Waals surface area contributed by atoms with Crippen molar-refractivity contribution in [3.63, 3.8) is 0 Å². The van der Waals surface area contributed by atoms with Gasteiger partial charge < -0.3 is 15.3 Å². The first kappa shape index (κ1) is 10.7. The molecule has 1 rings (SSSR count). The molecule has 0 bridgehead atoms. The van der Waals surface area contributed by atoms with E-state index in [2.05, 4.69) is 31.9 Å². The quantitative estimate of drug-likeness (QED) is 0.891. The van der Waals surface area contributed by atoms with E-state index >= 15 is 0 Å². The van der Waals surface area contributed by atoms with Crippen molar-refractivity contribution in [1.82, 2.24) is 0 Å². The van der Waals surface area contributed by atoms with Gasteiger partial charge in [0, 0.05) is 6.42 Å². The van der Waals surface area contributed by atoms with Crippen LogP contribution in [0.5, 0.6) is 0 Å². The van der Waals surface area contributed by atoms with Crippen LogP contribution in [0.25, 0.3) is 0 Å². The molecule has 0 fully saturated rings. The zero-order valence-corrected chi connectivity index (χ0v) is 9.63. The number of carboxylic acids is 1. The third-order valence-electron chi connectivity index (χ3n) is 1.43. The average molecular weight is 313 g/mol. The number of carboxylic acid groups (broad SMARTS) is 1. The van der Waals surface area contributed by atoms with Gasteiger partial charge in [0.1, 0.15) is 11.8 Å². The SMILES string of the molecule is NC(Cc1cc(Br)c(Br)o1)C(=O)O. The smallest absolute Gasteiger partial charge is 0.320 e. The van der Waals surface area contributed by atoms with Crippen LogP contribution in [0.2, 0.25) is 0 Å². The van der Waals surface area contributed by atoms with Crippen LogP contribution in [0.3, 0.4) is 0 Å². The van der Waals surface area contributed by atoms with Crippen LogP contribution >= 0.6 is 31.9 Å². The van der Waals surface area contributed by atoms with E-state index in [1.165, 1.54) is 0 Å². The fourth-order valence-corrected chi connectivity index (χ4v) is 1.45. The highest BCUT2D eigenvalue weighted by molar-refractivity contribution is 9.13. The van der Waals surface area contributed by atoms with Crippen molar-refractivity contribution in [2.45, 2.75) is 12.5 Å². The number of rotatable bonds is 3. The predicted octanol–water partition coefficient (Wildman–Crippen LogP) is 1.76. The Morgan fingerprint density at radius 3 is 2.69 bits per heavy atom. The molecule has 0 amide bonds. The van der Waals surface area contributed by atoms with E-state index in [-0.39, 0.29) is 6.42 Å². The van der Waals surface area contributed by atoms with Crippen LogP contribution < -0.4 is 5.73 Å². The maximum Gasteiger partial charge on any atom is 0.320 e. The van der Waals surface area contributed by atoms with Gasteiger partial charge in [-0.1, -0.05) is 0 Å². The first-order chi connectivity index (χ1) is 6.00. The molecular weight excluding hydrogens is 306 g/mol. The number of nitrogens with two attached hydrogens (primary N) is 1. The van der Waals surface area contributed by atoms with Gasteiger partial charge in [0.2, 0.25) is 0 Å². The summed E-state index contributed by atoms with van der Waals surface area (Å²) in [5, 5.41) is 8.53. The van der Waals surface area contributed by atoms with Crippen molar-refractivity contribution in [3.05, 3.63) is 21.0 Å². The minimum absolute atomic E-state index is 0.180. The number of halogens is 2. The van der Waals surface area contributed by atoms with E-state index in [0.29, 0.717) is 10.4 Å². The van der Waals surface area contributed by atoms with E-state index in [0.717, 1.165) is 4.47 Å². The van der Waals surface area contributed by atoms with Crippen molar-refractivity contribution in [1.29, 1.82) is 0 Å². The van der Waals surface area contributed by atoms with Crippen LogP contribution in [-0.2, 0) is 11.2 Å². The normalized spacial score (nSPS) is 12.8. The van der Waals surface area contributed by atoms with E-state index in [9.17, 15) is 4.79 Å². The lowest BCUT2D eigenvalue weighted by Crippen LogP contribution is -2.32. The van der Waals surface area contributed by atoms with Crippen LogP contribution in [0.15, 0.2) is 19.6 Å². The van der Waals surface area contributed by atoms with Crippen molar-refractivity contribution in [3.8, 4) is 0 Å². The maximum atomic E-state index is 10.4. The molecular formula is C7H7Br2NO3. The van der Waals surface area contributed by atoms with E-state index in [1.807, 2.05) is 0 Å². The topological polar surface area (TPSA) is 76.5 Å². The van der Waals surface area contributed by atoms with E-state index < -0.39 is 12.0 Å². The molecule has 4 nitrogen and oxygen atoms in total. The Labute approximate surface area is 91.4 Å². The first-order valence-corrected chi connectivity index (χ1v) is 5.01. The monoisotopic (exact) mass is 311 g/mol. The van der Waals surface area contributed by atoms with Crippen molar-refractivity contribution in [2.24, 2.45) is 5.73 Å². The molecule has 0 spiro atoms. The highest BCUT2D eigenvalue weighted by Crippen LogP contribution is 2.27. The Morgan fingerprint density at radius 2 is 2.31 bits per heavy atom. The summed E-state index contributed by atoms with van der Waals surface area (Å²) in [7, 11) is 0. The van der Waals surface area contributed by atoms with Crippen molar-refractivity contribution in [2.75, 3.05) is 0 Å². The summed E-state index contributed by atoms with van der Waals surface area (Å²) in [6.07, 6.45) is 0.180. The lowest BCUT2D eigenvalue weighted by Gasteiger charge is -2.01. The molecule has 0 saturated heterocycles. The summed E-state index contributed by atoms with van der Waals surface area (Å²) >= 11 is 6.36. The van der Waals surface area contributed by atoms with E-state index in [4.69, 9.17) is 15.3 Å².